The van der Waals surface area contributed by atoms with Crippen molar-refractivity contribution in [2.45, 2.75) is 13.8 Å². The number of carbonyl (C=O) groups is 1. The van der Waals surface area contributed by atoms with Gasteiger partial charge in [-0.3, -0.25) is 9.78 Å². The van der Waals surface area contributed by atoms with Crippen LogP contribution in [0.5, 0.6) is 0 Å². The van der Waals surface area contributed by atoms with Crippen LogP contribution in [0.4, 0.5) is 5.69 Å². The van der Waals surface area contributed by atoms with Gasteiger partial charge in [0.15, 0.2) is 0 Å². The summed E-state index contributed by atoms with van der Waals surface area (Å²) in [5, 5.41) is 2.89. The summed E-state index contributed by atoms with van der Waals surface area (Å²) in [7, 11) is 0. The van der Waals surface area contributed by atoms with Crippen LogP contribution in [0, 0.1) is 13.8 Å². The quantitative estimate of drug-likeness (QED) is 0.855. The fourth-order valence-electron chi connectivity index (χ4n) is 1.65. The minimum absolute atomic E-state index is 0.112. The van der Waals surface area contributed by atoms with Crippen molar-refractivity contribution in [3.05, 3.63) is 59.4 Å². The first-order chi connectivity index (χ1) is 8.16. The van der Waals surface area contributed by atoms with Gasteiger partial charge in [0.05, 0.1) is 0 Å². The zero-order chi connectivity index (χ0) is 12.3. The SMILES string of the molecule is Cc1ccc(NC(=O)c2ccncc2)c(C)c1. The average Bonchev–Trinajstić information content (AvgIpc) is 2.34. The third-order valence-corrected chi connectivity index (χ3v) is 2.57. The van der Waals surface area contributed by atoms with E-state index in [0.29, 0.717) is 5.56 Å². The molecule has 1 N–H and O–H groups in total. The smallest absolute Gasteiger partial charge is 0.255 e. The molecule has 2 rings (SSSR count). The van der Waals surface area contributed by atoms with Gasteiger partial charge in [-0.15, -0.1) is 0 Å². The summed E-state index contributed by atoms with van der Waals surface area (Å²) >= 11 is 0. The van der Waals surface area contributed by atoms with E-state index in [1.165, 1.54) is 5.56 Å². The zero-order valence-electron chi connectivity index (χ0n) is 9.90. The first-order valence-corrected chi connectivity index (χ1v) is 5.45. The largest absolute Gasteiger partial charge is 0.322 e. The highest BCUT2D eigenvalue weighted by Gasteiger charge is 2.06. The molecule has 86 valence electrons. The molecule has 1 heterocycles. The molecule has 1 aromatic heterocycles. The molecule has 1 aromatic carbocycles. The predicted octanol–water partition coefficient (Wildman–Crippen LogP) is 2.95. The van der Waals surface area contributed by atoms with Crippen molar-refractivity contribution in [3.63, 3.8) is 0 Å². The summed E-state index contributed by atoms with van der Waals surface area (Å²) in [6, 6.07) is 9.33. The van der Waals surface area contributed by atoms with Gasteiger partial charge in [0.25, 0.3) is 5.91 Å². The molecule has 0 spiro atoms. The number of amides is 1. The molecule has 0 aliphatic rings. The van der Waals surface area contributed by atoms with Gasteiger partial charge < -0.3 is 5.32 Å². The normalized spacial score (nSPS) is 10.0. The number of pyridine rings is 1. The van der Waals surface area contributed by atoms with Crippen molar-refractivity contribution in [2.75, 3.05) is 5.32 Å². The average molecular weight is 226 g/mol. The van der Waals surface area contributed by atoms with E-state index in [1.54, 1.807) is 24.5 Å². The number of hydrogen-bond acceptors (Lipinski definition) is 2. The minimum Gasteiger partial charge on any atom is -0.322 e. The second-order valence-corrected chi connectivity index (χ2v) is 4.01. The molecular weight excluding hydrogens is 212 g/mol. The Kier molecular flexibility index (Phi) is 3.19. The van der Waals surface area contributed by atoms with Gasteiger partial charge in [0.1, 0.15) is 0 Å². The second-order valence-electron chi connectivity index (χ2n) is 4.01. The third-order valence-electron chi connectivity index (χ3n) is 2.57. The Balaban J connectivity index is 2.19. The number of nitrogens with zero attached hydrogens (tertiary/aromatic N) is 1. The summed E-state index contributed by atoms with van der Waals surface area (Å²) in [4.78, 5) is 15.8. The van der Waals surface area contributed by atoms with Crippen molar-refractivity contribution in [2.24, 2.45) is 0 Å². The van der Waals surface area contributed by atoms with Crippen LogP contribution in [0.25, 0.3) is 0 Å². The molecule has 0 aliphatic carbocycles. The molecule has 0 radical (unpaired) electrons. The van der Waals surface area contributed by atoms with Crippen molar-refractivity contribution in [1.82, 2.24) is 4.98 Å². The highest BCUT2D eigenvalue weighted by molar-refractivity contribution is 6.04. The van der Waals surface area contributed by atoms with E-state index in [9.17, 15) is 4.79 Å². The van der Waals surface area contributed by atoms with Gasteiger partial charge in [0.2, 0.25) is 0 Å². The Bertz CT molecular complexity index is 535. The Hall–Kier alpha value is -2.16. The lowest BCUT2D eigenvalue weighted by molar-refractivity contribution is 0.102. The van der Waals surface area contributed by atoms with E-state index in [1.807, 2.05) is 32.0 Å². The van der Waals surface area contributed by atoms with E-state index in [-0.39, 0.29) is 5.91 Å². The number of nitrogens with one attached hydrogen (secondary N) is 1. The number of aryl methyl sites for hydroxylation is 2. The lowest BCUT2D eigenvalue weighted by Crippen LogP contribution is -2.12. The standard InChI is InChI=1S/C14H14N2O/c1-10-3-4-13(11(2)9-10)16-14(17)12-5-7-15-8-6-12/h3-9H,1-2H3,(H,16,17). The monoisotopic (exact) mass is 226 g/mol. The predicted molar refractivity (Wildman–Crippen MR) is 68.1 cm³/mol. The first kappa shape index (κ1) is 11.3. The molecule has 0 saturated heterocycles. The van der Waals surface area contributed by atoms with Crippen LogP contribution < -0.4 is 5.32 Å². The summed E-state index contributed by atoms with van der Waals surface area (Å²) in [5.74, 6) is -0.112. The topological polar surface area (TPSA) is 42.0 Å². The van der Waals surface area contributed by atoms with Crippen molar-refractivity contribution < 1.29 is 4.79 Å². The van der Waals surface area contributed by atoms with Gasteiger partial charge in [-0.05, 0) is 37.6 Å². The molecule has 0 fully saturated rings. The van der Waals surface area contributed by atoms with Crippen molar-refractivity contribution >= 4 is 11.6 Å². The van der Waals surface area contributed by atoms with E-state index in [0.717, 1.165) is 11.3 Å². The van der Waals surface area contributed by atoms with Gasteiger partial charge in [-0.25, -0.2) is 0 Å². The molecule has 3 nitrogen and oxygen atoms in total. The molecule has 0 atom stereocenters. The maximum Gasteiger partial charge on any atom is 0.255 e. The number of rotatable bonds is 2. The molecule has 17 heavy (non-hydrogen) atoms. The van der Waals surface area contributed by atoms with Crippen LogP contribution >= 0.6 is 0 Å². The Morgan fingerprint density at radius 2 is 1.82 bits per heavy atom. The molecule has 0 unspecified atom stereocenters. The molecule has 1 amide bonds. The molecular formula is C14H14N2O. The molecule has 0 aliphatic heterocycles. The van der Waals surface area contributed by atoms with Gasteiger partial charge in [-0.1, -0.05) is 17.7 Å². The Morgan fingerprint density at radius 1 is 1.12 bits per heavy atom. The van der Waals surface area contributed by atoms with Crippen molar-refractivity contribution in [1.29, 1.82) is 0 Å². The fraction of sp³-hybridized carbons (Fsp3) is 0.143. The highest BCUT2D eigenvalue weighted by atomic mass is 16.1. The summed E-state index contributed by atoms with van der Waals surface area (Å²) < 4.78 is 0. The molecule has 0 bridgehead atoms. The molecule has 3 heteroatoms. The van der Waals surface area contributed by atoms with Gasteiger partial charge in [-0.2, -0.15) is 0 Å². The number of hydrogen-bond donors (Lipinski definition) is 1. The Morgan fingerprint density at radius 3 is 2.47 bits per heavy atom. The number of benzene rings is 1. The lowest BCUT2D eigenvalue weighted by Gasteiger charge is -2.08. The van der Waals surface area contributed by atoms with Crippen LogP contribution in [0.2, 0.25) is 0 Å². The van der Waals surface area contributed by atoms with Crippen LogP contribution in [-0.2, 0) is 0 Å². The highest BCUT2D eigenvalue weighted by Crippen LogP contribution is 2.16. The van der Waals surface area contributed by atoms with E-state index in [2.05, 4.69) is 10.3 Å². The third kappa shape index (κ3) is 2.69. The summed E-state index contributed by atoms with van der Waals surface area (Å²) in [5.41, 5.74) is 3.70. The van der Waals surface area contributed by atoms with Gasteiger partial charge in [0, 0.05) is 23.6 Å². The molecule has 0 saturated carbocycles. The van der Waals surface area contributed by atoms with Crippen LogP contribution in [0.1, 0.15) is 21.5 Å². The maximum absolute atomic E-state index is 11.9. The minimum atomic E-state index is -0.112. The van der Waals surface area contributed by atoms with Crippen molar-refractivity contribution in [3.8, 4) is 0 Å². The zero-order valence-corrected chi connectivity index (χ0v) is 9.90. The van der Waals surface area contributed by atoms with E-state index in [4.69, 9.17) is 0 Å². The van der Waals surface area contributed by atoms with E-state index < -0.39 is 0 Å². The summed E-state index contributed by atoms with van der Waals surface area (Å²) in [6.45, 7) is 4.01. The van der Waals surface area contributed by atoms with Gasteiger partial charge >= 0.3 is 0 Å². The fourth-order valence-corrected chi connectivity index (χ4v) is 1.65. The number of anilines is 1. The second kappa shape index (κ2) is 4.78. The van der Waals surface area contributed by atoms with Crippen LogP contribution in [0.15, 0.2) is 42.7 Å². The van der Waals surface area contributed by atoms with Crippen LogP contribution in [-0.4, -0.2) is 10.9 Å². The number of carbonyl (C=O) groups excluding carboxylic acids is 1. The van der Waals surface area contributed by atoms with E-state index >= 15 is 0 Å². The first-order valence-electron chi connectivity index (χ1n) is 5.45. The lowest BCUT2D eigenvalue weighted by atomic mass is 10.1. The molecule has 2 aromatic rings. The summed E-state index contributed by atoms with van der Waals surface area (Å²) in [6.07, 6.45) is 3.22. The maximum atomic E-state index is 11.9. The van der Waals surface area contributed by atoms with Crippen LogP contribution in [0.3, 0.4) is 0 Å². The number of aromatic nitrogens is 1. The Labute approximate surface area is 101 Å².